The lowest BCUT2D eigenvalue weighted by atomic mass is 10.3. The van der Waals surface area contributed by atoms with E-state index in [0.717, 1.165) is 24.4 Å². The van der Waals surface area contributed by atoms with Gasteiger partial charge < -0.3 is 10.3 Å². The molecule has 13 heavy (non-hydrogen) atoms. The van der Waals surface area contributed by atoms with Gasteiger partial charge in [-0.15, -0.1) is 10.2 Å². The zero-order valence-electron chi connectivity index (χ0n) is 7.64. The van der Waals surface area contributed by atoms with Crippen molar-refractivity contribution in [1.82, 2.24) is 19.2 Å². The van der Waals surface area contributed by atoms with Gasteiger partial charge in [0.25, 0.3) is 0 Å². The van der Waals surface area contributed by atoms with Crippen LogP contribution in [-0.4, -0.2) is 25.7 Å². The summed E-state index contributed by atoms with van der Waals surface area (Å²) in [4.78, 5) is 0. The molecular weight excluding hydrogens is 166 g/mol. The van der Waals surface area contributed by atoms with E-state index in [1.54, 1.807) is 0 Å². The molecule has 0 fully saturated rings. The van der Waals surface area contributed by atoms with Gasteiger partial charge in [0.2, 0.25) is 5.78 Å². The number of aromatic nitrogens is 4. The summed E-state index contributed by atoms with van der Waals surface area (Å²) in [6, 6.07) is 0. The molecule has 2 N–H and O–H groups in total. The Hall–Kier alpha value is -1.36. The Morgan fingerprint density at radius 2 is 2.23 bits per heavy atom. The third-order valence-electron chi connectivity index (χ3n) is 2.11. The molecule has 0 amide bonds. The molecular formula is C8H13N5. The molecule has 0 saturated heterocycles. The summed E-state index contributed by atoms with van der Waals surface area (Å²) in [7, 11) is 1.96. The second kappa shape index (κ2) is 3.18. The van der Waals surface area contributed by atoms with E-state index in [1.165, 1.54) is 0 Å². The van der Waals surface area contributed by atoms with Gasteiger partial charge in [-0.1, -0.05) is 0 Å². The first kappa shape index (κ1) is 8.25. The molecule has 5 heteroatoms. The molecule has 2 rings (SSSR count). The van der Waals surface area contributed by atoms with Crippen molar-refractivity contribution < 1.29 is 0 Å². The van der Waals surface area contributed by atoms with Crippen LogP contribution in [0.2, 0.25) is 0 Å². The molecule has 0 atom stereocenters. The molecule has 70 valence electrons. The Kier molecular flexibility index (Phi) is 2.02. The first-order valence-electron chi connectivity index (χ1n) is 4.38. The summed E-state index contributed by atoms with van der Waals surface area (Å²) in [5.41, 5.74) is 5.43. The molecule has 0 aliphatic heterocycles. The lowest BCUT2D eigenvalue weighted by Gasteiger charge is -1.93. The predicted octanol–water partition coefficient (Wildman–Crippen LogP) is -0.0409. The third kappa shape index (κ3) is 1.31. The monoisotopic (exact) mass is 179 g/mol. The van der Waals surface area contributed by atoms with Crippen LogP contribution in [-0.2, 0) is 13.5 Å². The van der Waals surface area contributed by atoms with Crippen molar-refractivity contribution >= 4 is 5.78 Å². The molecule has 0 saturated carbocycles. The zero-order chi connectivity index (χ0) is 9.26. The average molecular weight is 179 g/mol. The summed E-state index contributed by atoms with van der Waals surface area (Å²) < 4.78 is 3.94. The lowest BCUT2D eigenvalue weighted by Crippen LogP contribution is -2.02. The van der Waals surface area contributed by atoms with Gasteiger partial charge in [-0.25, -0.2) is 0 Å². The topological polar surface area (TPSA) is 61.1 Å². The van der Waals surface area contributed by atoms with Crippen molar-refractivity contribution in [3.05, 3.63) is 18.2 Å². The minimum atomic E-state index is 0.696. The fourth-order valence-corrected chi connectivity index (χ4v) is 1.37. The van der Waals surface area contributed by atoms with Gasteiger partial charge in [-0.05, 0) is 13.0 Å². The normalized spacial score (nSPS) is 11.2. The summed E-state index contributed by atoms with van der Waals surface area (Å²) >= 11 is 0. The van der Waals surface area contributed by atoms with E-state index < -0.39 is 0 Å². The molecule has 0 aliphatic carbocycles. The van der Waals surface area contributed by atoms with Crippen LogP contribution >= 0.6 is 0 Å². The molecule has 0 aromatic carbocycles. The minimum Gasteiger partial charge on any atom is -0.330 e. The fourth-order valence-electron chi connectivity index (χ4n) is 1.37. The number of fused-ring (bicyclic) bond motifs is 1. The highest BCUT2D eigenvalue weighted by molar-refractivity contribution is 5.29. The molecule has 0 unspecified atom stereocenters. The number of aryl methyl sites for hydroxylation is 2. The summed E-state index contributed by atoms with van der Waals surface area (Å²) in [6.07, 6.45) is 5.79. The highest BCUT2D eigenvalue weighted by Gasteiger charge is 2.06. The minimum absolute atomic E-state index is 0.696. The molecule has 5 nitrogen and oxygen atoms in total. The van der Waals surface area contributed by atoms with E-state index in [9.17, 15) is 0 Å². The van der Waals surface area contributed by atoms with Gasteiger partial charge in [0.05, 0.1) is 0 Å². The van der Waals surface area contributed by atoms with Crippen LogP contribution < -0.4 is 5.73 Å². The highest BCUT2D eigenvalue weighted by Crippen LogP contribution is 2.05. The van der Waals surface area contributed by atoms with Crippen molar-refractivity contribution in [3.63, 3.8) is 0 Å². The zero-order valence-corrected chi connectivity index (χ0v) is 7.64. The van der Waals surface area contributed by atoms with Gasteiger partial charge in [0.1, 0.15) is 5.82 Å². The predicted molar refractivity (Wildman–Crippen MR) is 49.3 cm³/mol. The van der Waals surface area contributed by atoms with E-state index >= 15 is 0 Å². The fraction of sp³-hybridized carbons (Fsp3) is 0.500. The molecule has 2 heterocycles. The van der Waals surface area contributed by atoms with E-state index in [1.807, 2.05) is 28.4 Å². The van der Waals surface area contributed by atoms with Crippen molar-refractivity contribution in [3.8, 4) is 0 Å². The number of imidazole rings is 1. The Bertz CT molecular complexity index is 399. The summed E-state index contributed by atoms with van der Waals surface area (Å²) in [6.45, 7) is 0.696. The first-order chi connectivity index (χ1) is 6.33. The van der Waals surface area contributed by atoms with Gasteiger partial charge in [0.15, 0.2) is 0 Å². The second-order valence-electron chi connectivity index (χ2n) is 3.09. The third-order valence-corrected chi connectivity index (χ3v) is 2.11. The number of hydrogen-bond acceptors (Lipinski definition) is 3. The maximum Gasteiger partial charge on any atom is 0.235 e. The Balaban J connectivity index is 2.35. The van der Waals surface area contributed by atoms with E-state index in [-0.39, 0.29) is 0 Å². The van der Waals surface area contributed by atoms with Crippen LogP contribution in [0.25, 0.3) is 5.78 Å². The molecule has 2 aromatic rings. The summed E-state index contributed by atoms with van der Waals surface area (Å²) in [5, 5.41) is 8.16. The quantitative estimate of drug-likeness (QED) is 0.719. The van der Waals surface area contributed by atoms with E-state index in [0.29, 0.717) is 6.54 Å². The van der Waals surface area contributed by atoms with Crippen LogP contribution in [0.5, 0.6) is 0 Å². The van der Waals surface area contributed by atoms with Crippen molar-refractivity contribution in [2.75, 3.05) is 6.54 Å². The van der Waals surface area contributed by atoms with Crippen LogP contribution in [0.3, 0.4) is 0 Å². The molecule has 0 aliphatic rings. The lowest BCUT2D eigenvalue weighted by molar-refractivity contribution is 0.771. The number of nitrogens with zero attached hydrogens (tertiary/aromatic N) is 4. The van der Waals surface area contributed by atoms with E-state index in [4.69, 9.17) is 5.73 Å². The molecule has 0 radical (unpaired) electrons. The maximum atomic E-state index is 5.43. The van der Waals surface area contributed by atoms with Crippen LogP contribution in [0.4, 0.5) is 0 Å². The largest absolute Gasteiger partial charge is 0.330 e. The molecule has 2 aromatic heterocycles. The van der Waals surface area contributed by atoms with Gasteiger partial charge in [-0.2, -0.15) is 0 Å². The highest BCUT2D eigenvalue weighted by atomic mass is 15.3. The number of nitrogens with two attached hydrogens (primary N) is 1. The van der Waals surface area contributed by atoms with Crippen molar-refractivity contribution in [1.29, 1.82) is 0 Å². The molecule has 0 spiro atoms. The number of rotatable bonds is 3. The van der Waals surface area contributed by atoms with Gasteiger partial charge >= 0.3 is 0 Å². The van der Waals surface area contributed by atoms with Crippen molar-refractivity contribution in [2.45, 2.75) is 12.8 Å². The van der Waals surface area contributed by atoms with Crippen LogP contribution in [0.1, 0.15) is 12.2 Å². The standard InChI is InChI=1S/C8H13N5/c1-12-5-6-13-7(3-2-4-9)10-11-8(12)13/h5-6H,2-4,9H2,1H3. The van der Waals surface area contributed by atoms with Gasteiger partial charge in [-0.3, -0.25) is 4.40 Å². The second-order valence-corrected chi connectivity index (χ2v) is 3.09. The maximum absolute atomic E-state index is 5.43. The van der Waals surface area contributed by atoms with Crippen LogP contribution in [0, 0.1) is 0 Å². The molecule has 0 bridgehead atoms. The summed E-state index contributed by atoms with van der Waals surface area (Å²) in [5.74, 6) is 1.87. The number of hydrogen-bond donors (Lipinski definition) is 1. The SMILES string of the molecule is Cn1ccn2c(CCCN)nnc12. The Labute approximate surface area is 76.2 Å². The van der Waals surface area contributed by atoms with Crippen molar-refractivity contribution in [2.24, 2.45) is 12.8 Å². The van der Waals surface area contributed by atoms with Gasteiger partial charge in [0, 0.05) is 25.9 Å². The Morgan fingerprint density at radius 3 is 3.00 bits per heavy atom. The van der Waals surface area contributed by atoms with E-state index in [2.05, 4.69) is 10.2 Å². The van der Waals surface area contributed by atoms with Crippen LogP contribution in [0.15, 0.2) is 12.4 Å². The smallest absolute Gasteiger partial charge is 0.235 e. The average Bonchev–Trinajstić information content (AvgIpc) is 2.67. The Morgan fingerprint density at radius 1 is 1.38 bits per heavy atom. The first-order valence-corrected chi connectivity index (χ1v) is 4.38.